The van der Waals surface area contributed by atoms with Crippen LogP contribution in [0.3, 0.4) is 0 Å². The van der Waals surface area contributed by atoms with Crippen LogP contribution in [0.1, 0.15) is 152 Å². The van der Waals surface area contributed by atoms with Crippen molar-refractivity contribution in [3.8, 4) is 89.7 Å². The number of pyridine rings is 5. The zero-order valence-corrected chi connectivity index (χ0v) is 95.8. The van der Waals surface area contributed by atoms with Crippen LogP contribution in [-0.4, -0.2) is 79.4 Å². The predicted octanol–water partition coefficient (Wildman–Crippen LogP) is 29.8. The summed E-state index contributed by atoms with van der Waals surface area (Å²) in [6.45, 7) is 37.8. The Kier molecular flexibility index (Phi) is 60.4. The second-order valence-electron chi connectivity index (χ2n) is 33.5. The minimum atomic E-state index is -0.125. The van der Waals surface area contributed by atoms with Crippen LogP contribution in [0.25, 0.3) is 111 Å². The molecule has 0 bridgehead atoms. The molecule has 15 aromatic rings. The van der Waals surface area contributed by atoms with Gasteiger partial charge in [0.25, 0.3) is 0 Å². The molecule has 141 heavy (non-hydrogen) atoms. The Morgan fingerprint density at radius 1 is 0.312 bits per heavy atom. The Labute approximate surface area is 902 Å². The monoisotopic (exact) mass is 2770 g/mol. The number of aromatic nitrogens is 5. The number of rotatable bonds is 17. The summed E-state index contributed by atoms with van der Waals surface area (Å²) in [5, 5.41) is 44.2. The van der Waals surface area contributed by atoms with Crippen molar-refractivity contribution in [1.29, 1.82) is 0 Å². The van der Waals surface area contributed by atoms with Gasteiger partial charge < -0.3 is 40.5 Å². The van der Waals surface area contributed by atoms with E-state index >= 15 is 0 Å². The Balaban J connectivity index is 0.000000806. The van der Waals surface area contributed by atoms with Gasteiger partial charge in [0.1, 0.15) is 0 Å². The molecule has 15 nitrogen and oxygen atoms in total. The summed E-state index contributed by atoms with van der Waals surface area (Å²) in [7, 11) is 0. The zero-order chi connectivity index (χ0) is 99.9. The van der Waals surface area contributed by atoms with E-state index in [-0.39, 0.29) is 158 Å². The number of aliphatic hydroxyl groups is 5. The second-order valence-corrected chi connectivity index (χ2v) is 33.5. The van der Waals surface area contributed by atoms with Gasteiger partial charge in [-0.1, -0.05) is 205 Å². The Hall–Kier alpha value is -12.2. The number of benzene rings is 10. The van der Waals surface area contributed by atoms with Gasteiger partial charge in [-0.15, -0.1) is 177 Å². The summed E-state index contributed by atoms with van der Waals surface area (Å²) in [5.41, 5.74) is 32.2. The summed E-state index contributed by atoms with van der Waals surface area (Å²) < 4.78 is 0. The minimum absolute atomic E-state index is 0. The maximum absolute atomic E-state index is 10.0. The molecule has 0 atom stereocenters. The van der Waals surface area contributed by atoms with E-state index in [9.17, 15) is 24.0 Å². The molecule has 5 N–H and O–H groups in total. The summed E-state index contributed by atoms with van der Waals surface area (Å²) in [6.07, 6.45) is 14.8. The van der Waals surface area contributed by atoms with Gasteiger partial charge in [-0.25, -0.2) is 0 Å². The molecule has 0 unspecified atom stereocenters. The summed E-state index contributed by atoms with van der Waals surface area (Å²) in [4.78, 5) is 73.1. The number of allylic oxidation sites excluding steroid dienone is 10. The molecule has 5 heterocycles. The standard InChI is InChI=1S/C21H22N.C20H20N.C19H16N.2C18H14N.5C5H8O2.5Ir/c1-14(2)9-17-5-6-18-7-8-20(22-21(18)13-17)19-11-15(3)10-16(4)12-19;1-4-5-16-6-7-17-8-9-19(21-20(17)13-16)18-11-14(2)10-15(3)12-18;1-14-8-9-18(15(2)12-14)17-10-11-20-19(13-17)16-6-4-3-5-7-16;1-14-6-5-9-16(12-14)17-10-11-19-18(13-17)15-7-3-2-4-8-15;1-14-7-9-15(10-8-14)17-11-12-19-18(13-17)16-5-3-2-4-6-16;5*1-4(6)3-5(2)7;;;;;/h5-8,10-11,13-14H,9H2,1-4H3;6-11,13H,4-5H2,1-3H3;3-6,8-13H,1-2H3;2-7,9-13H,1H3;2-5,7-13H,1H3;5*3,6H,1-2H3;;;;;/q5*-1;;;;;;;;;;. The second kappa shape index (κ2) is 67.2. The van der Waals surface area contributed by atoms with Crippen LogP contribution in [0.15, 0.2) is 339 Å². The first-order chi connectivity index (χ1) is 64.7. The number of ketones is 5. The Morgan fingerprint density at radius 2 is 0.660 bits per heavy atom. The fourth-order valence-corrected chi connectivity index (χ4v) is 13.8. The van der Waals surface area contributed by atoms with Gasteiger partial charge in [0.15, 0.2) is 28.9 Å². The number of carbonyl (C=O) groups excluding carboxylic acids is 5. The Morgan fingerprint density at radius 3 is 1.00 bits per heavy atom. The SMILES string of the molecule is CC(=O)C=C(C)O.CC(=O)C=C(C)O.CC(=O)C=C(C)O.CC(=O)C=C(C)O.CC(=O)C=C(C)O.CCCc1ccc2ccc(-c3[c-]c(C)cc(C)c3)nc2c1.Cc1[c-]c(-c2ccc3ccc(CC(C)C)cc3n2)cc(C)c1.Cc1ccc(-c2ccnc(-c3[c-]cccc3)c2)c(C)c1.Cc1ccc(-c2ccnc(-c3[c-]cccc3)c2)cc1.Cc1cccc(-c2ccnc(-c3[c-]cccc3)c2)c1.[Ir].[Ir].[Ir].[Ir].[Ir]. The third-order valence-electron chi connectivity index (χ3n) is 19.3. The van der Waals surface area contributed by atoms with Crippen molar-refractivity contribution in [3.05, 3.63) is 425 Å². The maximum atomic E-state index is 10.0. The maximum Gasteiger partial charge on any atom is 0.155 e. The van der Waals surface area contributed by atoms with Crippen LogP contribution in [0.2, 0.25) is 0 Å². The van der Waals surface area contributed by atoms with Gasteiger partial charge in [-0.05, 0) is 235 Å². The molecule has 0 aliphatic carbocycles. The van der Waals surface area contributed by atoms with E-state index in [1.807, 2.05) is 104 Å². The van der Waals surface area contributed by atoms with Crippen molar-refractivity contribution in [1.82, 2.24) is 24.9 Å². The fraction of sp³-hybridized carbons (Fsp3) is 0.207. The molecule has 5 aromatic heterocycles. The molecule has 0 aliphatic heterocycles. The molecule has 0 aliphatic rings. The molecule has 10 aromatic carbocycles. The fourth-order valence-electron chi connectivity index (χ4n) is 13.8. The first-order valence-electron chi connectivity index (χ1n) is 44.9. The number of aryl methyl sites for hydroxylation is 9. The third-order valence-corrected chi connectivity index (χ3v) is 19.3. The first-order valence-corrected chi connectivity index (χ1v) is 44.9. The van der Waals surface area contributed by atoms with Crippen molar-refractivity contribution in [2.45, 2.75) is 165 Å². The number of hydrogen-bond donors (Lipinski definition) is 5. The van der Waals surface area contributed by atoms with Crippen LogP contribution < -0.4 is 0 Å². The van der Waals surface area contributed by atoms with Crippen LogP contribution in [-0.2, 0) is 137 Å². The number of nitrogens with zero attached hydrogens (tertiary/aromatic N) is 5. The van der Waals surface area contributed by atoms with Gasteiger partial charge in [-0.3, -0.25) is 33.9 Å². The molecule has 745 valence electrons. The number of hydrogen-bond acceptors (Lipinski definition) is 15. The quantitative estimate of drug-likeness (QED) is 0.0323. The zero-order valence-electron chi connectivity index (χ0n) is 83.8. The molecule has 0 fully saturated rings. The van der Waals surface area contributed by atoms with E-state index < -0.39 is 0 Å². The van der Waals surface area contributed by atoms with Gasteiger partial charge >= 0.3 is 0 Å². The molecular weight excluding hydrogens is 2640 g/mol. The Bertz CT molecular complexity index is 6420. The summed E-state index contributed by atoms with van der Waals surface area (Å²) in [5.74, 6) is 0.348. The van der Waals surface area contributed by atoms with Crippen molar-refractivity contribution in [3.63, 3.8) is 0 Å². The van der Waals surface area contributed by atoms with Crippen molar-refractivity contribution >= 4 is 50.7 Å². The van der Waals surface area contributed by atoms with Crippen molar-refractivity contribution in [2.24, 2.45) is 5.92 Å². The van der Waals surface area contributed by atoms with Crippen molar-refractivity contribution in [2.75, 3.05) is 0 Å². The summed E-state index contributed by atoms with van der Waals surface area (Å²) in [6, 6.07) is 107. The van der Waals surface area contributed by atoms with Crippen LogP contribution in [0.5, 0.6) is 0 Å². The van der Waals surface area contributed by atoms with E-state index in [1.54, 1.807) is 0 Å². The number of carbonyl (C=O) groups is 5. The summed E-state index contributed by atoms with van der Waals surface area (Å²) >= 11 is 0. The predicted molar refractivity (Wildman–Crippen MR) is 560 cm³/mol. The molecule has 0 saturated carbocycles. The van der Waals surface area contributed by atoms with Gasteiger partial charge in [0.2, 0.25) is 0 Å². The van der Waals surface area contributed by atoms with Crippen LogP contribution in [0.4, 0.5) is 0 Å². The largest absolute Gasteiger partial charge is 0.512 e. The molecule has 20 heteroatoms. The third kappa shape index (κ3) is 49.6. The van der Waals surface area contributed by atoms with Gasteiger partial charge in [0.05, 0.1) is 39.8 Å². The first kappa shape index (κ1) is 127. The van der Waals surface area contributed by atoms with Crippen molar-refractivity contribution < 1.29 is 150 Å². The topological polar surface area (TPSA) is 251 Å². The number of fused-ring (bicyclic) bond motifs is 2. The molecule has 0 amide bonds. The molecule has 15 rings (SSSR count). The molecular formula is C121H126Ir5N5O10-5. The van der Waals surface area contributed by atoms with Crippen LogP contribution >= 0.6 is 0 Å². The minimum Gasteiger partial charge on any atom is -0.512 e. The number of aliphatic hydroxyl groups excluding tert-OH is 5. The van der Waals surface area contributed by atoms with E-state index in [0.29, 0.717) is 5.92 Å². The molecule has 5 radical (unpaired) electrons. The van der Waals surface area contributed by atoms with Crippen LogP contribution in [0, 0.1) is 91.6 Å². The van der Waals surface area contributed by atoms with E-state index in [2.05, 4.69) is 297 Å². The average molecular weight is 2770 g/mol. The normalized spacial score (nSPS) is 10.5. The smallest absolute Gasteiger partial charge is 0.155 e. The molecule has 0 spiro atoms. The van der Waals surface area contributed by atoms with E-state index in [4.69, 9.17) is 35.5 Å². The van der Waals surface area contributed by atoms with E-state index in [0.717, 1.165) is 97.7 Å². The van der Waals surface area contributed by atoms with E-state index in [1.165, 1.54) is 188 Å². The van der Waals surface area contributed by atoms with Gasteiger partial charge in [0, 0.05) is 149 Å². The molecule has 0 saturated heterocycles. The average Bonchev–Trinajstić information content (AvgIpc) is 0.802. The van der Waals surface area contributed by atoms with Gasteiger partial charge in [-0.2, -0.15) is 0 Å².